The third-order valence-electron chi connectivity index (χ3n) is 4.03. The Morgan fingerprint density at radius 1 is 0.550 bits per heavy atom. The van der Waals surface area contributed by atoms with E-state index < -0.39 is 36.9 Å². The lowest BCUT2D eigenvalue weighted by Crippen LogP contribution is -2.45. The number of carboxylic acid groups (broad SMARTS) is 2. The SMILES string of the molecule is FC(F)(F)[n+]1c[nH]c2ccccc21.FC(F)(F)[n+]1c[nH]c2ccccc21.O=C([O-])C(F)(F)F.O=C([O-])C(F)(F)F. The van der Waals surface area contributed by atoms with Crippen molar-refractivity contribution in [2.24, 2.45) is 0 Å². The molecule has 8 nitrogen and oxygen atoms in total. The Labute approximate surface area is 212 Å². The van der Waals surface area contributed by atoms with E-state index in [4.69, 9.17) is 19.8 Å². The second-order valence-corrected chi connectivity index (χ2v) is 6.83. The highest BCUT2D eigenvalue weighted by atomic mass is 19.4. The molecule has 0 amide bonds. The summed E-state index contributed by atoms with van der Waals surface area (Å²) in [6.07, 6.45) is -17.3. The number of aromatic amines is 2. The van der Waals surface area contributed by atoms with Gasteiger partial charge in [0, 0.05) is 0 Å². The molecule has 0 aliphatic carbocycles. The van der Waals surface area contributed by atoms with Crippen LogP contribution in [0.4, 0.5) is 52.7 Å². The van der Waals surface area contributed by atoms with Gasteiger partial charge in [-0.1, -0.05) is 24.3 Å². The molecule has 0 unspecified atom stereocenters. The summed E-state index contributed by atoms with van der Waals surface area (Å²) in [6.45, 7) is 0. The Morgan fingerprint density at radius 2 is 0.800 bits per heavy atom. The van der Waals surface area contributed by atoms with Crippen LogP contribution in [0.5, 0.6) is 0 Å². The number of nitrogens with zero attached hydrogens (tertiary/aromatic N) is 2. The zero-order valence-electron chi connectivity index (χ0n) is 18.8. The number of alkyl halides is 12. The number of carbonyl (C=O) groups excluding carboxylic acids is 2. The number of para-hydroxylation sites is 4. The summed E-state index contributed by atoms with van der Waals surface area (Å²) in [5.41, 5.74) is 1.21. The highest BCUT2D eigenvalue weighted by molar-refractivity contribution is 5.71. The van der Waals surface area contributed by atoms with Crippen molar-refractivity contribution >= 4 is 34.0 Å². The second-order valence-electron chi connectivity index (χ2n) is 6.83. The van der Waals surface area contributed by atoms with Crippen molar-refractivity contribution in [3.8, 4) is 0 Å². The standard InChI is InChI=1S/2C8H5F3N2.2C2HF3O2/c2*9-8(10,11)13-5-12-6-3-1-2-4-7(6)13;2*3-2(4,5)1(6)7/h2*1-5H;2*(H,6,7). The number of carboxylic acids is 2. The number of benzene rings is 2. The van der Waals surface area contributed by atoms with Crippen LogP contribution in [0.25, 0.3) is 22.1 Å². The molecule has 2 heterocycles. The van der Waals surface area contributed by atoms with E-state index in [1.807, 2.05) is 0 Å². The van der Waals surface area contributed by atoms with Crippen LogP contribution in [-0.4, -0.2) is 34.3 Å². The van der Waals surface area contributed by atoms with Crippen LogP contribution in [-0.2, 0) is 22.2 Å². The minimum absolute atomic E-state index is 0.134. The molecule has 4 aromatic rings. The molecule has 0 radical (unpaired) electrons. The van der Waals surface area contributed by atoms with E-state index in [1.54, 1.807) is 36.4 Å². The molecule has 0 atom stereocenters. The van der Waals surface area contributed by atoms with Crippen molar-refractivity contribution < 1.29 is 81.6 Å². The maximum atomic E-state index is 12.3. The predicted molar refractivity (Wildman–Crippen MR) is 102 cm³/mol. The van der Waals surface area contributed by atoms with Gasteiger partial charge in [0.2, 0.25) is 12.7 Å². The van der Waals surface area contributed by atoms with E-state index >= 15 is 0 Å². The van der Waals surface area contributed by atoms with Gasteiger partial charge in [0.25, 0.3) is 0 Å². The van der Waals surface area contributed by atoms with Gasteiger partial charge in [-0.15, -0.1) is 35.5 Å². The topological polar surface area (TPSA) is 120 Å². The summed E-state index contributed by atoms with van der Waals surface area (Å²) in [7, 11) is 0. The molecular weight excluding hydrogens is 588 g/mol. The maximum absolute atomic E-state index is 12.3. The molecule has 2 N–H and O–H groups in total. The fourth-order valence-corrected chi connectivity index (χ4v) is 2.44. The van der Waals surface area contributed by atoms with Gasteiger partial charge in [-0.25, -0.2) is 9.97 Å². The number of imidazole rings is 2. The molecule has 0 aliphatic heterocycles. The summed E-state index contributed by atoms with van der Waals surface area (Å²) >= 11 is 0. The predicted octanol–water partition coefficient (Wildman–Crippen LogP) is 2.46. The molecule has 20 heteroatoms. The Bertz CT molecular complexity index is 1310. The van der Waals surface area contributed by atoms with E-state index in [-0.39, 0.29) is 20.2 Å². The maximum Gasteiger partial charge on any atom is 0.567 e. The Hall–Kier alpha value is -4.52. The Kier molecular flexibility index (Phi) is 10.5. The van der Waals surface area contributed by atoms with Gasteiger partial charge in [0.05, 0.1) is 0 Å². The number of hydrogen-bond donors (Lipinski definition) is 2. The van der Waals surface area contributed by atoms with Crippen LogP contribution < -0.4 is 19.3 Å². The van der Waals surface area contributed by atoms with Crippen LogP contribution >= 0.6 is 0 Å². The summed E-state index contributed by atoms with van der Waals surface area (Å²) in [5, 5.41) is 17.6. The lowest BCUT2D eigenvalue weighted by atomic mass is 10.3. The summed E-state index contributed by atoms with van der Waals surface area (Å²) in [5.74, 6) is -6.01. The van der Waals surface area contributed by atoms with Crippen LogP contribution in [0.3, 0.4) is 0 Å². The smallest absolute Gasteiger partial charge is 0.542 e. The number of fused-ring (bicyclic) bond motifs is 2. The number of nitrogens with one attached hydrogen (secondary N) is 2. The summed E-state index contributed by atoms with van der Waals surface area (Å²) in [6, 6.07) is 12.5. The van der Waals surface area contributed by atoms with Crippen molar-refractivity contribution in [3.05, 3.63) is 61.2 Å². The monoisotopic (exact) mass is 600 g/mol. The first-order chi connectivity index (χ1) is 18.1. The van der Waals surface area contributed by atoms with Crippen molar-refractivity contribution in [2.45, 2.75) is 25.0 Å². The molecule has 0 bridgehead atoms. The largest absolute Gasteiger partial charge is 0.567 e. The van der Waals surface area contributed by atoms with Crippen LogP contribution in [0, 0.1) is 0 Å². The molecular formula is C20H12F12N4O4. The van der Waals surface area contributed by atoms with Gasteiger partial charge in [-0.05, 0) is 24.3 Å². The average molecular weight is 600 g/mol. The quantitative estimate of drug-likeness (QED) is 0.238. The second kappa shape index (κ2) is 12.6. The first-order valence-corrected chi connectivity index (χ1v) is 9.73. The van der Waals surface area contributed by atoms with Gasteiger partial charge in [-0.3, -0.25) is 0 Å². The normalized spacial score (nSPS) is 11.9. The molecule has 0 aliphatic rings. The molecule has 220 valence electrons. The summed E-state index contributed by atoms with van der Waals surface area (Å²) in [4.78, 5) is 22.6. The van der Waals surface area contributed by atoms with Crippen LogP contribution in [0.15, 0.2) is 61.2 Å². The van der Waals surface area contributed by atoms with E-state index in [0.29, 0.717) is 11.0 Å². The number of hydrogen-bond acceptors (Lipinski definition) is 4. The number of carbonyl (C=O) groups is 2. The number of aromatic nitrogens is 4. The number of halogens is 12. The molecule has 4 rings (SSSR count). The molecule has 2 aromatic carbocycles. The molecule has 40 heavy (non-hydrogen) atoms. The first-order valence-electron chi connectivity index (χ1n) is 9.73. The van der Waals surface area contributed by atoms with E-state index in [1.165, 1.54) is 12.1 Å². The van der Waals surface area contributed by atoms with Crippen LogP contribution in [0.2, 0.25) is 0 Å². The first kappa shape index (κ1) is 33.5. The minimum atomic E-state index is -5.19. The van der Waals surface area contributed by atoms with Crippen molar-refractivity contribution in [1.29, 1.82) is 0 Å². The van der Waals surface area contributed by atoms with E-state index in [0.717, 1.165) is 12.7 Å². The molecule has 0 saturated carbocycles. The Morgan fingerprint density at radius 3 is 1.02 bits per heavy atom. The number of rotatable bonds is 0. The number of aliphatic carboxylic acids is 2. The average Bonchev–Trinajstić information content (AvgIpc) is 3.43. The molecule has 0 saturated heterocycles. The highest BCUT2D eigenvalue weighted by Gasteiger charge is 2.39. The van der Waals surface area contributed by atoms with Crippen molar-refractivity contribution in [1.82, 2.24) is 9.97 Å². The van der Waals surface area contributed by atoms with E-state index in [2.05, 4.69) is 9.97 Å². The zero-order valence-corrected chi connectivity index (χ0v) is 18.8. The minimum Gasteiger partial charge on any atom is -0.542 e. The van der Waals surface area contributed by atoms with Gasteiger partial charge >= 0.3 is 25.0 Å². The molecule has 0 spiro atoms. The molecule has 0 fully saturated rings. The van der Waals surface area contributed by atoms with Gasteiger partial charge in [0.1, 0.15) is 11.9 Å². The van der Waals surface area contributed by atoms with Gasteiger partial charge in [-0.2, -0.15) is 26.3 Å². The third kappa shape index (κ3) is 9.98. The fourth-order valence-electron chi connectivity index (χ4n) is 2.44. The third-order valence-corrected chi connectivity index (χ3v) is 4.03. The van der Waals surface area contributed by atoms with E-state index in [9.17, 15) is 52.7 Å². The van der Waals surface area contributed by atoms with Crippen molar-refractivity contribution in [2.75, 3.05) is 0 Å². The lowest BCUT2D eigenvalue weighted by Gasteiger charge is -2.03. The van der Waals surface area contributed by atoms with Gasteiger partial charge < -0.3 is 19.8 Å². The Balaban J connectivity index is 0.000000280. The fraction of sp³-hybridized carbons (Fsp3) is 0.200. The highest BCUT2D eigenvalue weighted by Crippen LogP contribution is 2.19. The number of H-pyrrole nitrogens is 2. The summed E-state index contributed by atoms with van der Waals surface area (Å²) < 4.78 is 137. The van der Waals surface area contributed by atoms with Gasteiger partial charge in [0.15, 0.2) is 22.1 Å². The molecule has 2 aromatic heterocycles. The lowest BCUT2D eigenvalue weighted by molar-refractivity contribution is -0.836. The van der Waals surface area contributed by atoms with Crippen molar-refractivity contribution in [3.63, 3.8) is 0 Å². The zero-order chi connectivity index (χ0) is 31.1. The van der Waals surface area contributed by atoms with Crippen LogP contribution in [0.1, 0.15) is 0 Å².